The number of hydrogen-bond donors (Lipinski definition) is 1. The summed E-state index contributed by atoms with van der Waals surface area (Å²) in [4.78, 5) is 0.429. The Labute approximate surface area is 122 Å². The van der Waals surface area contributed by atoms with Crippen molar-refractivity contribution in [2.75, 3.05) is 19.6 Å². The topological polar surface area (TPSA) is 49.4 Å². The maximum Gasteiger partial charge on any atom is 0.243 e. The summed E-state index contributed by atoms with van der Waals surface area (Å²) in [6, 6.07) is 5.46. The Bertz CT molecular complexity index is 549. The van der Waals surface area contributed by atoms with Gasteiger partial charge in [-0.25, -0.2) is 8.42 Å². The van der Waals surface area contributed by atoms with Crippen LogP contribution in [0, 0.1) is 6.92 Å². The minimum absolute atomic E-state index is 0.429. The van der Waals surface area contributed by atoms with Gasteiger partial charge in [0.05, 0.1) is 4.90 Å². The van der Waals surface area contributed by atoms with Crippen LogP contribution in [0.15, 0.2) is 23.1 Å². The van der Waals surface area contributed by atoms with E-state index >= 15 is 0 Å². The minimum Gasteiger partial charge on any atom is -0.313 e. The van der Waals surface area contributed by atoms with Gasteiger partial charge < -0.3 is 5.32 Å². The van der Waals surface area contributed by atoms with Crippen molar-refractivity contribution in [2.24, 2.45) is 0 Å². The fraction of sp³-hybridized carbons (Fsp3) is 0.600. The van der Waals surface area contributed by atoms with Crippen LogP contribution in [0.1, 0.15) is 37.3 Å². The highest BCUT2D eigenvalue weighted by Crippen LogP contribution is 2.23. The quantitative estimate of drug-likeness (QED) is 0.819. The third-order valence-electron chi connectivity index (χ3n) is 3.77. The van der Waals surface area contributed by atoms with E-state index in [9.17, 15) is 8.42 Å². The van der Waals surface area contributed by atoms with Gasteiger partial charge >= 0.3 is 0 Å². The molecule has 0 aromatic heterocycles. The fourth-order valence-electron chi connectivity index (χ4n) is 2.48. The molecule has 4 nitrogen and oxygen atoms in total. The van der Waals surface area contributed by atoms with Crippen LogP contribution >= 0.6 is 0 Å². The van der Waals surface area contributed by atoms with Crippen LogP contribution in [-0.2, 0) is 16.6 Å². The highest BCUT2D eigenvalue weighted by atomic mass is 32.2. The average molecular weight is 296 g/mol. The summed E-state index contributed by atoms with van der Waals surface area (Å²) >= 11 is 0. The molecule has 0 spiro atoms. The van der Waals surface area contributed by atoms with Crippen LogP contribution in [-0.4, -0.2) is 32.4 Å². The van der Waals surface area contributed by atoms with Gasteiger partial charge in [-0.3, -0.25) is 0 Å². The number of nitrogens with one attached hydrogen (secondary N) is 1. The van der Waals surface area contributed by atoms with Crippen molar-refractivity contribution in [1.29, 1.82) is 0 Å². The number of benzene rings is 1. The van der Waals surface area contributed by atoms with Crippen LogP contribution < -0.4 is 5.32 Å². The highest BCUT2D eigenvalue weighted by molar-refractivity contribution is 7.89. The molecule has 1 heterocycles. The molecule has 0 bridgehead atoms. The van der Waals surface area contributed by atoms with Crippen molar-refractivity contribution < 1.29 is 8.42 Å². The summed E-state index contributed by atoms with van der Waals surface area (Å²) in [5.74, 6) is 0. The summed E-state index contributed by atoms with van der Waals surface area (Å²) in [5.41, 5.74) is 2.20. The van der Waals surface area contributed by atoms with Gasteiger partial charge in [-0.2, -0.15) is 4.31 Å². The first-order valence-corrected chi connectivity index (χ1v) is 8.80. The lowest BCUT2D eigenvalue weighted by Gasteiger charge is -2.17. The summed E-state index contributed by atoms with van der Waals surface area (Å²) in [5, 5.41) is 3.33. The van der Waals surface area contributed by atoms with Gasteiger partial charge in [0.25, 0.3) is 0 Å². The molecule has 0 saturated carbocycles. The minimum atomic E-state index is -3.30. The van der Waals surface area contributed by atoms with Gasteiger partial charge in [-0.1, -0.05) is 13.0 Å². The van der Waals surface area contributed by atoms with Crippen molar-refractivity contribution in [3.63, 3.8) is 0 Å². The normalized spacial score (nSPS) is 16.7. The van der Waals surface area contributed by atoms with E-state index in [4.69, 9.17) is 0 Å². The fourth-order valence-corrected chi connectivity index (χ4v) is 4.04. The van der Waals surface area contributed by atoms with Crippen molar-refractivity contribution >= 4 is 10.0 Å². The van der Waals surface area contributed by atoms with Gasteiger partial charge in [0.15, 0.2) is 0 Å². The molecule has 1 aromatic carbocycles. The third kappa shape index (κ3) is 3.40. The Morgan fingerprint density at radius 2 is 1.95 bits per heavy atom. The second kappa shape index (κ2) is 6.70. The van der Waals surface area contributed by atoms with Crippen molar-refractivity contribution in [1.82, 2.24) is 9.62 Å². The van der Waals surface area contributed by atoms with Crippen molar-refractivity contribution in [3.8, 4) is 0 Å². The molecule has 0 atom stereocenters. The Balaban J connectivity index is 2.21. The summed E-state index contributed by atoms with van der Waals surface area (Å²) in [6.45, 7) is 7.12. The summed E-state index contributed by atoms with van der Waals surface area (Å²) < 4.78 is 26.7. The molecule has 0 amide bonds. The summed E-state index contributed by atoms with van der Waals surface area (Å²) in [7, 11) is -3.30. The molecule has 1 N–H and O–H groups in total. The maximum absolute atomic E-state index is 12.5. The lowest BCUT2D eigenvalue weighted by molar-refractivity contribution is 0.477. The van der Waals surface area contributed by atoms with Crippen molar-refractivity contribution in [3.05, 3.63) is 29.3 Å². The molecule has 1 aromatic rings. The second-order valence-corrected chi connectivity index (χ2v) is 7.31. The smallest absolute Gasteiger partial charge is 0.243 e. The zero-order chi connectivity index (χ0) is 14.6. The van der Waals surface area contributed by atoms with Gasteiger partial charge in [0, 0.05) is 19.6 Å². The lowest BCUT2D eigenvalue weighted by Crippen LogP contribution is -2.28. The standard InChI is InChI=1S/C15H24N2O2S/c1-3-8-16-12-14-11-15(7-6-13(14)2)20(18,19)17-9-4-5-10-17/h6-7,11,16H,3-5,8-10,12H2,1-2H3. The van der Waals surface area contributed by atoms with E-state index in [-0.39, 0.29) is 0 Å². The number of hydrogen-bond acceptors (Lipinski definition) is 3. The van der Waals surface area contributed by atoms with Crippen LogP contribution in [0.4, 0.5) is 0 Å². The zero-order valence-electron chi connectivity index (χ0n) is 12.4. The van der Waals surface area contributed by atoms with Gasteiger partial charge in [0.1, 0.15) is 0 Å². The molecule has 1 saturated heterocycles. The van der Waals surface area contributed by atoms with Crippen LogP contribution in [0.25, 0.3) is 0 Å². The molecule has 0 unspecified atom stereocenters. The van der Waals surface area contributed by atoms with E-state index in [0.29, 0.717) is 18.0 Å². The predicted molar refractivity (Wildman–Crippen MR) is 81.2 cm³/mol. The molecule has 112 valence electrons. The molecule has 0 aliphatic carbocycles. The molecular weight excluding hydrogens is 272 g/mol. The number of nitrogens with zero attached hydrogens (tertiary/aromatic N) is 1. The van der Waals surface area contributed by atoms with Crippen LogP contribution in [0.3, 0.4) is 0 Å². The molecule has 1 fully saturated rings. The number of aryl methyl sites for hydroxylation is 1. The number of rotatable bonds is 6. The molecular formula is C15H24N2O2S. The van der Waals surface area contributed by atoms with Crippen molar-refractivity contribution in [2.45, 2.75) is 44.6 Å². The van der Waals surface area contributed by atoms with E-state index < -0.39 is 10.0 Å². The molecule has 20 heavy (non-hydrogen) atoms. The molecule has 5 heteroatoms. The molecule has 0 radical (unpaired) electrons. The van der Waals surface area contributed by atoms with Crippen LogP contribution in [0.2, 0.25) is 0 Å². The van der Waals surface area contributed by atoms with E-state index in [0.717, 1.165) is 43.5 Å². The van der Waals surface area contributed by atoms with Crippen LogP contribution in [0.5, 0.6) is 0 Å². The lowest BCUT2D eigenvalue weighted by atomic mass is 10.1. The van der Waals surface area contributed by atoms with E-state index in [2.05, 4.69) is 12.2 Å². The van der Waals surface area contributed by atoms with E-state index in [1.165, 1.54) is 0 Å². The monoisotopic (exact) mass is 296 g/mol. The van der Waals surface area contributed by atoms with E-state index in [1.54, 1.807) is 10.4 Å². The van der Waals surface area contributed by atoms with Gasteiger partial charge in [-0.15, -0.1) is 0 Å². The molecule has 1 aliphatic heterocycles. The summed E-state index contributed by atoms with van der Waals surface area (Å²) in [6.07, 6.45) is 3.01. The Morgan fingerprint density at radius 3 is 2.60 bits per heavy atom. The Hall–Kier alpha value is -0.910. The third-order valence-corrected chi connectivity index (χ3v) is 5.66. The number of sulfonamides is 1. The predicted octanol–water partition coefficient (Wildman–Crippen LogP) is 2.28. The van der Waals surface area contributed by atoms with E-state index in [1.807, 2.05) is 19.1 Å². The average Bonchev–Trinajstić information content (AvgIpc) is 2.95. The first-order valence-electron chi connectivity index (χ1n) is 7.36. The molecule has 1 aliphatic rings. The van der Waals surface area contributed by atoms with Gasteiger partial charge in [-0.05, 0) is 56.0 Å². The highest BCUT2D eigenvalue weighted by Gasteiger charge is 2.27. The Kier molecular flexibility index (Phi) is 5.18. The Morgan fingerprint density at radius 1 is 1.25 bits per heavy atom. The first-order chi connectivity index (χ1) is 9.55. The largest absolute Gasteiger partial charge is 0.313 e. The second-order valence-electron chi connectivity index (χ2n) is 5.38. The zero-order valence-corrected chi connectivity index (χ0v) is 13.2. The van der Waals surface area contributed by atoms with Gasteiger partial charge in [0.2, 0.25) is 10.0 Å². The maximum atomic E-state index is 12.5. The SMILES string of the molecule is CCCNCc1cc(S(=O)(=O)N2CCCC2)ccc1C. The first kappa shape index (κ1) is 15.5. The molecule has 2 rings (SSSR count).